The number of benzene rings is 2. The number of fused-ring (bicyclic) bond motifs is 1. The molecule has 0 spiro atoms. The molecule has 180 valence electrons. The topological polar surface area (TPSA) is 89.3 Å². The van der Waals surface area contributed by atoms with Crippen LogP contribution in [0.2, 0.25) is 0 Å². The van der Waals surface area contributed by atoms with Crippen molar-refractivity contribution in [2.45, 2.75) is 26.7 Å². The maximum Gasteiger partial charge on any atom is 0.253 e. The molecule has 3 heterocycles. The van der Waals surface area contributed by atoms with Crippen LogP contribution < -0.4 is 9.64 Å². The first-order valence-corrected chi connectivity index (χ1v) is 12.0. The molecule has 0 radical (unpaired) electrons. The number of hydrogen-bond acceptors (Lipinski definition) is 7. The van der Waals surface area contributed by atoms with Crippen molar-refractivity contribution in [2.75, 3.05) is 37.7 Å². The van der Waals surface area contributed by atoms with E-state index in [9.17, 15) is 4.79 Å². The van der Waals surface area contributed by atoms with Gasteiger partial charge in [0.2, 0.25) is 0 Å². The fraction of sp³-hybridized carbons (Fsp3) is 0.346. The lowest BCUT2D eigenvalue weighted by molar-refractivity contribution is 0.0746. The number of hydrogen-bond donors (Lipinski definition) is 0. The van der Waals surface area contributed by atoms with E-state index >= 15 is 0 Å². The van der Waals surface area contributed by atoms with Gasteiger partial charge in [-0.1, -0.05) is 36.3 Å². The van der Waals surface area contributed by atoms with Gasteiger partial charge in [0, 0.05) is 31.7 Å². The van der Waals surface area contributed by atoms with Crippen molar-refractivity contribution in [1.82, 2.24) is 29.9 Å². The smallest absolute Gasteiger partial charge is 0.253 e. The van der Waals surface area contributed by atoms with Gasteiger partial charge >= 0.3 is 0 Å². The zero-order chi connectivity index (χ0) is 24.2. The lowest BCUT2D eigenvalue weighted by atomic mass is 10.1. The van der Waals surface area contributed by atoms with E-state index in [2.05, 4.69) is 32.1 Å². The second-order valence-electron chi connectivity index (χ2n) is 8.71. The SMILES string of the molecule is CCCCOc1ccc(C(=O)N2CCN(c3ncnc4c3nnn4-c3ccc(C)cc3)CC2)cc1. The monoisotopic (exact) mass is 471 g/mol. The number of rotatable bonds is 7. The lowest BCUT2D eigenvalue weighted by Crippen LogP contribution is -2.49. The molecule has 9 heteroatoms. The molecule has 0 bridgehead atoms. The minimum absolute atomic E-state index is 0.0305. The predicted octanol–water partition coefficient (Wildman–Crippen LogP) is 3.66. The van der Waals surface area contributed by atoms with Gasteiger partial charge < -0.3 is 14.5 Å². The number of aryl methyl sites for hydroxylation is 1. The van der Waals surface area contributed by atoms with E-state index in [4.69, 9.17) is 4.74 Å². The fourth-order valence-corrected chi connectivity index (χ4v) is 4.16. The molecule has 1 aliphatic heterocycles. The Kier molecular flexibility index (Phi) is 6.56. The Bertz CT molecular complexity index is 1290. The van der Waals surface area contributed by atoms with Gasteiger partial charge in [-0.3, -0.25) is 4.79 Å². The Morgan fingerprint density at radius 1 is 0.971 bits per heavy atom. The molecule has 5 rings (SSSR count). The molecule has 35 heavy (non-hydrogen) atoms. The molecule has 4 aromatic rings. The fourth-order valence-electron chi connectivity index (χ4n) is 4.16. The number of nitrogens with zero attached hydrogens (tertiary/aromatic N) is 7. The van der Waals surface area contributed by atoms with Crippen LogP contribution >= 0.6 is 0 Å². The van der Waals surface area contributed by atoms with E-state index < -0.39 is 0 Å². The summed E-state index contributed by atoms with van der Waals surface area (Å²) in [6.45, 7) is 7.40. The van der Waals surface area contributed by atoms with Gasteiger partial charge in [-0.15, -0.1) is 5.10 Å². The van der Waals surface area contributed by atoms with E-state index in [0.717, 1.165) is 30.1 Å². The summed E-state index contributed by atoms with van der Waals surface area (Å²) >= 11 is 0. The van der Waals surface area contributed by atoms with Crippen LogP contribution in [0.5, 0.6) is 5.75 Å². The highest BCUT2D eigenvalue weighted by Crippen LogP contribution is 2.24. The summed E-state index contributed by atoms with van der Waals surface area (Å²) in [4.78, 5) is 26.0. The van der Waals surface area contributed by atoms with Gasteiger partial charge in [-0.2, -0.15) is 4.68 Å². The summed E-state index contributed by atoms with van der Waals surface area (Å²) < 4.78 is 7.44. The van der Waals surface area contributed by atoms with Crippen LogP contribution in [-0.4, -0.2) is 68.6 Å². The average molecular weight is 472 g/mol. The summed E-state index contributed by atoms with van der Waals surface area (Å²) in [7, 11) is 0. The largest absolute Gasteiger partial charge is 0.494 e. The summed E-state index contributed by atoms with van der Waals surface area (Å²) in [5.41, 5.74) is 4.08. The van der Waals surface area contributed by atoms with Crippen molar-refractivity contribution >= 4 is 22.9 Å². The molecular formula is C26H29N7O2. The Balaban J connectivity index is 1.26. The number of anilines is 1. The number of ether oxygens (including phenoxy) is 1. The normalized spacial score (nSPS) is 13.9. The molecule has 1 fully saturated rings. The molecule has 2 aromatic carbocycles. The second kappa shape index (κ2) is 10.1. The van der Waals surface area contributed by atoms with Crippen molar-refractivity contribution in [3.05, 3.63) is 66.0 Å². The summed E-state index contributed by atoms with van der Waals surface area (Å²) in [5, 5.41) is 8.71. The first-order chi connectivity index (χ1) is 17.1. The van der Waals surface area contributed by atoms with Crippen LogP contribution in [0, 0.1) is 6.92 Å². The van der Waals surface area contributed by atoms with E-state index in [0.29, 0.717) is 49.5 Å². The highest BCUT2D eigenvalue weighted by molar-refractivity contribution is 5.94. The molecule has 0 atom stereocenters. The molecule has 1 aliphatic rings. The van der Waals surface area contributed by atoms with Gasteiger partial charge in [0.15, 0.2) is 17.0 Å². The number of piperazine rings is 1. The van der Waals surface area contributed by atoms with Crippen LogP contribution in [0.15, 0.2) is 54.9 Å². The van der Waals surface area contributed by atoms with Crippen molar-refractivity contribution in [3.63, 3.8) is 0 Å². The molecule has 0 saturated carbocycles. The van der Waals surface area contributed by atoms with Crippen LogP contribution in [0.3, 0.4) is 0 Å². The predicted molar refractivity (Wildman–Crippen MR) is 134 cm³/mol. The molecule has 2 aromatic heterocycles. The third-order valence-electron chi connectivity index (χ3n) is 6.23. The van der Waals surface area contributed by atoms with Gasteiger partial charge in [-0.05, 0) is 49.7 Å². The maximum atomic E-state index is 13.0. The van der Waals surface area contributed by atoms with Crippen molar-refractivity contribution in [2.24, 2.45) is 0 Å². The number of aromatic nitrogens is 5. The van der Waals surface area contributed by atoms with Crippen LogP contribution in [0.4, 0.5) is 5.82 Å². The highest BCUT2D eigenvalue weighted by atomic mass is 16.5. The molecule has 1 saturated heterocycles. The van der Waals surface area contributed by atoms with Crippen molar-refractivity contribution < 1.29 is 9.53 Å². The van der Waals surface area contributed by atoms with E-state index in [1.807, 2.05) is 60.4 Å². The summed E-state index contributed by atoms with van der Waals surface area (Å²) in [6.07, 6.45) is 3.66. The second-order valence-corrected chi connectivity index (χ2v) is 8.71. The van der Waals surface area contributed by atoms with Crippen molar-refractivity contribution in [3.8, 4) is 11.4 Å². The number of carbonyl (C=O) groups is 1. The van der Waals surface area contributed by atoms with Crippen LogP contribution in [0.25, 0.3) is 16.9 Å². The number of unbranched alkanes of at least 4 members (excludes halogenated alkanes) is 1. The van der Waals surface area contributed by atoms with Gasteiger partial charge in [0.25, 0.3) is 5.91 Å². The number of amides is 1. The zero-order valence-electron chi connectivity index (χ0n) is 20.1. The first kappa shape index (κ1) is 22.8. The summed E-state index contributed by atoms with van der Waals surface area (Å²) in [5.74, 6) is 1.57. The average Bonchev–Trinajstić information content (AvgIpc) is 3.34. The van der Waals surface area contributed by atoms with E-state index in [1.54, 1.807) is 11.0 Å². The minimum Gasteiger partial charge on any atom is -0.494 e. The van der Waals surface area contributed by atoms with Crippen LogP contribution in [0.1, 0.15) is 35.7 Å². The lowest BCUT2D eigenvalue weighted by Gasteiger charge is -2.35. The third-order valence-corrected chi connectivity index (χ3v) is 6.23. The van der Waals surface area contributed by atoms with Gasteiger partial charge in [-0.25, -0.2) is 9.97 Å². The van der Waals surface area contributed by atoms with Gasteiger partial charge in [0.1, 0.15) is 12.1 Å². The standard InChI is InChI=1S/C26H29N7O2/c1-3-4-17-35-22-11-7-20(8-12-22)26(34)32-15-13-31(14-16-32)24-23-25(28-18-27-24)33(30-29-23)21-9-5-19(2)6-10-21/h5-12,18H,3-4,13-17H2,1-2H3. The third kappa shape index (κ3) is 4.80. The Labute approximate surface area is 204 Å². The molecule has 0 aliphatic carbocycles. The van der Waals surface area contributed by atoms with E-state index in [1.165, 1.54) is 5.56 Å². The Hall–Kier alpha value is -4.01. The summed E-state index contributed by atoms with van der Waals surface area (Å²) in [6, 6.07) is 15.5. The molecule has 9 nitrogen and oxygen atoms in total. The van der Waals surface area contributed by atoms with E-state index in [-0.39, 0.29) is 5.91 Å². The molecule has 0 N–H and O–H groups in total. The Morgan fingerprint density at radius 3 is 2.43 bits per heavy atom. The van der Waals surface area contributed by atoms with Crippen molar-refractivity contribution in [1.29, 1.82) is 0 Å². The quantitative estimate of drug-likeness (QED) is 0.380. The van der Waals surface area contributed by atoms with Gasteiger partial charge in [0.05, 0.1) is 12.3 Å². The first-order valence-electron chi connectivity index (χ1n) is 12.0. The number of carbonyl (C=O) groups excluding carboxylic acids is 1. The zero-order valence-corrected chi connectivity index (χ0v) is 20.1. The molecular weight excluding hydrogens is 442 g/mol. The minimum atomic E-state index is 0.0305. The Morgan fingerprint density at radius 2 is 1.71 bits per heavy atom. The molecule has 0 unspecified atom stereocenters. The highest BCUT2D eigenvalue weighted by Gasteiger charge is 2.25. The maximum absolute atomic E-state index is 13.0. The van der Waals surface area contributed by atoms with Crippen LogP contribution in [-0.2, 0) is 0 Å². The molecule has 1 amide bonds.